The summed E-state index contributed by atoms with van der Waals surface area (Å²) in [6, 6.07) is 30.1. The first kappa shape index (κ1) is 15.1. The summed E-state index contributed by atoms with van der Waals surface area (Å²) < 4.78 is 2.21. The number of thioether (sulfide) groups is 1. The third-order valence-electron chi connectivity index (χ3n) is 4.31. The highest BCUT2D eigenvalue weighted by atomic mass is 32.2. The molecule has 0 aliphatic rings. The number of nitrogens with zero attached hydrogens (tertiary/aromatic N) is 1. The molecule has 0 bridgehead atoms. The number of rotatable bonds is 4. The number of para-hydroxylation sites is 1. The molecule has 0 fully saturated rings. The van der Waals surface area contributed by atoms with Crippen molar-refractivity contribution in [3.63, 3.8) is 0 Å². The molecule has 4 aromatic rings. The summed E-state index contributed by atoms with van der Waals surface area (Å²) in [7, 11) is 2.12. The average molecular weight is 329 g/mol. The van der Waals surface area contributed by atoms with Gasteiger partial charge in [-0.2, -0.15) is 0 Å². The van der Waals surface area contributed by atoms with Gasteiger partial charge in [0.15, 0.2) is 0 Å². The van der Waals surface area contributed by atoms with Crippen molar-refractivity contribution in [1.29, 1.82) is 0 Å². The lowest BCUT2D eigenvalue weighted by Crippen LogP contribution is -1.96. The van der Waals surface area contributed by atoms with Gasteiger partial charge in [0.1, 0.15) is 0 Å². The van der Waals surface area contributed by atoms with Crippen molar-refractivity contribution in [2.75, 3.05) is 0 Å². The van der Waals surface area contributed by atoms with Gasteiger partial charge in [-0.25, -0.2) is 0 Å². The molecule has 0 amide bonds. The summed E-state index contributed by atoms with van der Waals surface area (Å²) >= 11 is 1.92. The number of hydrogen-bond donors (Lipinski definition) is 0. The summed E-state index contributed by atoms with van der Waals surface area (Å²) in [5, 5.41) is 1.61. The monoisotopic (exact) mass is 329 g/mol. The van der Waals surface area contributed by atoms with E-state index in [4.69, 9.17) is 0 Å². The first-order chi connectivity index (χ1) is 11.8. The molecule has 1 aromatic heterocycles. The maximum atomic E-state index is 2.24. The van der Waals surface area contributed by atoms with Crippen LogP contribution in [-0.4, -0.2) is 4.57 Å². The molecule has 0 saturated carbocycles. The predicted octanol–water partition coefficient (Wildman–Crippen LogP) is 6.06. The van der Waals surface area contributed by atoms with Crippen LogP contribution < -0.4 is 0 Å². The van der Waals surface area contributed by atoms with Crippen molar-refractivity contribution in [3.05, 3.63) is 102 Å². The van der Waals surface area contributed by atoms with Crippen LogP contribution in [-0.2, 0) is 7.05 Å². The second kappa shape index (κ2) is 6.58. The molecule has 1 heterocycles. The molecule has 118 valence electrons. The Bertz CT molecular complexity index is 902. The molecular weight excluding hydrogens is 310 g/mol. The van der Waals surface area contributed by atoms with Crippen LogP contribution in [0.5, 0.6) is 0 Å². The Morgan fingerprint density at radius 1 is 0.708 bits per heavy atom. The predicted molar refractivity (Wildman–Crippen MR) is 104 cm³/mol. The van der Waals surface area contributed by atoms with Crippen LogP contribution in [0, 0.1) is 0 Å². The van der Waals surface area contributed by atoms with Crippen LogP contribution in [0.25, 0.3) is 10.9 Å². The lowest BCUT2D eigenvalue weighted by Gasteiger charge is -2.17. The molecule has 4 rings (SSSR count). The SMILES string of the molecule is Cn1cc(SC(c2ccccc2)c2ccccc2)c2ccccc21. The number of aromatic nitrogens is 1. The largest absolute Gasteiger partial charge is 0.349 e. The first-order valence-electron chi connectivity index (χ1n) is 8.13. The Kier molecular flexibility index (Phi) is 4.14. The van der Waals surface area contributed by atoms with Gasteiger partial charge in [-0.15, -0.1) is 11.8 Å². The van der Waals surface area contributed by atoms with Gasteiger partial charge in [-0.05, 0) is 17.2 Å². The third kappa shape index (κ3) is 2.85. The molecule has 1 nitrogen and oxygen atoms in total. The number of aryl methyl sites for hydroxylation is 1. The summed E-state index contributed by atoms with van der Waals surface area (Å²) in [6.07, 6.45) is 2.24. The maximum Gasteiger partial charge on any atom is 0.0594 e. The highest BCUT2D eigenvalue weighted by molar-refractivity contribution is 8.00. The van der Waals surface area contributed by atoms with Gasteiger partial charge in [0.2, 0.25) is 0 Å². The fraction of sp³-hybridized carbons (Fsp3) is 0.0909. The Balaban J connectivity index is 1.80. The van der Waals surface area contributed by atoms with E-state index in [9.17, 15) is 0 Å². The zero-order chi connectivity index (χ0) is 16.4. The molecule has 0 unspecified atom stereocenters. The van der Waals surface area contributed by atoms with Crippen molar-refractivity contribution < 1.29 is 0 Å². The van der Waals surface area contributed by atoms with E-state index in [1.807, 2.05) is 11.8 Å². The molecule has 3 aromatic carbocycles. The fourth-order valence-electron chi connectivity index (χ4n) is 3.11. The van der Waals surface area contributed by atoms with Gasteiger partial charge in [0, 0.05) is 29.0 Å². The first-order valence-corrected chi connectivity index (χ1v) is 9.01. The maximum absolute atomic E-state index is 2.24. The number of benzene rings is 3. The summed E-state index contributed by atoms with van der Waals surface area (Å²) in [5.41, 5.74) is 3.95. The zero-order valence-corrected chi connectivity index (χ0v) is 14.4. The molecule has 2 heteroatoms. The second-order valence-electron chi connectivity index (χ2n) is 5.94. The van der Waals surface area contributed by atoms with E-state index in [0.29, 0.717) is 5.25 Å². The van der Waals surface area contributed by atoms with Crippen LogP contribution >= 0.6 is 11.8 Å². The quantitative estimate of drug-likeness (QED) is 0.412. The summed E-state index contributed by atoms with van der Waals surface area (Å²) in [5.74, 6) is 0. The molecule has 0 spiro atoms. The second-order valence-corrected chi connectivity index (χ2v) is 7.09. The van der Waals surface area contributed by atoms with Crippen molar-refractivity contribution in [1.82, 2.24) is 4.57 Å². The smallest absolute Gasteiger partial charge is 0.0594 e. The van der Waals surface area contributed by atoms with Crippen molar-refractivity contribution >= 4 is 22.7 Å². The van der Waals surface area contributed by atoms with Crippen molar-refractivity contribution in [2.45, 2.75) is 10.1 Å². The lowest BCUT2D eigenvalue weighted by molar-refractivity contribution is 0.957. The zero-order valence-electron chi connectivity index (χ0n) is 13.6. The third-order valence-corrected chi connectivity index (χ3v) is 5.67. The fourth-order valence-corrected chi connectivity index (χ4v) is 4.47. The highest BCUT2D eigenvalue weighted by Gasteiger charge is 2.18. The Hall–Kier alpha value is -2.45. The molecule has 0 N–H and O–H groups in total. The molecular formula is C22H19NS. The van der Waals surface area contributed by atoms with Crippen LogP contribution in [0.4, 0.5) is 0 Å². The van der Waals surface area contributed by atoms with E-state index in [-0.39, 0.29) is 0 Å². The van der Waals surface area contributed by atoms with Crippen LogP contribution in [0.1, 0.15) is 16.4 Å². The number of hydrogen-bond acceptors (Lipinski definition) is 1. The lowest BCUT2D eigenvalue weighted by atomic mass is 10.0. The normalized spacial score (nSPS) is 11.2. The molecule has 0 radical (unpaired) electrons. The van der Waals surface area contributed by atoms with Crippen LogP contribution in [0.2, 0.25) is 0 Å². The molecule has 24 heavy (non-hydrogen) atoms. The van der Waals surface area contributed by atoms with Gasteiger partial charge >= 0.3 is 0 Å². The van der Waals surface area contributed by atoms with E-state index < -0.39 is 0 Å². The Labute approximate surface area is 146 Å². The van der Waals surface area contributed by atoms with Crippen molar-refractivity contribution in [3.8, 4) is 0 Å². The minimum atomic E-state index is 0.290. The molecule has 0 aliphatic heterocycles. The Morgan fingerprint density at radius 3 is 1.88 bits per heavy atom. The van der Waals surface area contributed by atoms with E-state index in [0.717, 1.165) is 0 Å². The Morgan fingerprint density at radius 2 is 1.25 bits per heavy atom. The molecule has 0 saturated heterocycles. The van der Waals surface area contributed by atoms with E-state index in [1.165, 1.54) is 26.9 Å². The summed E-state index contributed by atoms with van der Waals surface area (Å²) in [6.45, 7) is 0. The minimum Gasteiger partial charge on any atom is -0.349 e. The van der Waals surface area contributed by atoms with Gasteiger partial charge < -0.3 is 4.57 Å². The standard InChI is InChI=1S/C22H19NS/c1-23-16-21(19-14-8-9-15-20(19)23)24-22(17-10-4-2-5-11-17)18-12-6-3-7-13-18/h2-16,22H,1H3. The van der Waals surface area contributed by atoms with Crippen LogP contribution in [0.3, 0.4) is 0 Å². The molecule has 0 atom stereocenters. The van der Waals surface area contributed by atoms with Gasteiger partial charge in [0.25, 0.3) is 0 Å². The summed E-state index contributed by atoms with van der Waals surface area (Å²) in [4.78, 5) is 1.32. The van der Waals surface area contributed by atoms with Gasteiger partial charge in [-0.3, -0.25) is 0 Å². The van der Waals surface area contributed by atoms with Gasteiger partial charge in [-0.1, -0.05) is 78.9 Å². The minimum absolute atomic E-state index is 0.290. The van der Waals surface area contributed by atoms with Crippen molar-refractivity contribution in [2.24, 2.45) is 7.05 Å². The van der Waals surface area contributed by atoms with E-state index >= 15 is 0 Å². The average Bonchev–Trinajstić information content (AvgIpc) is 2.97. The van der Waals surface area contributed by atoms with E-state index in [2.05, 4.69) is 103 Å². The molecule has 0 aliphatic carbocycles. The number of fused-ring (bicyclic) bond motifs is 1. The topological polar surface area (TPSA) is 4.93 Å². The van der Waals surface area contributed by atoms with E-state index in [1.54, 1.807) is 0 Å². The van der Waals surface area contributed by atoms with Crippen LogP contribution in [0.15, 0.2) is 96.0 Å². The highest BCUT2D eigenvalue weighted by Crippen LogP contribution is 2.43. The van der Waals surface area contributed by atoms with Gasteiger partial charge in [0.05, 0.1) is 5.25 Å².